The Bertz CT molecular complexity index is 432. The summed E-state index contributed by atoms with van der Waals surface area (Å²) in [6.07, 6.45) is -4.31. The van der Waals surface area contributed by atoms with Crippen LogP contribution in [0.5, 0.6) is 0 Å². The molecule has 0 heterocycles. The number of benzene rings is 1. The Balaban J connectivity index is 2.77. The summed E-state index contributed by atoms with van der Waals surface area (Å²) in [5, 5.41) is 0. The Morgan fingerprint density at radius 1 is 1.37 bits per heavy atom. The van der Waals surface area contributed by atoms with Gasteiger partial charge >= 0.3 is 12.1 Å². The van der Waals surface area contributed by atoms with Gasteiger partial charge in [0.05, 0.1) is 6.54 Å². The molecule has 0 radical (unpaired) electrons. The molecular formula is C13H16F3NO2. The van der Waals surface area contributed by atoms with Crippen LogP contribution < -0.4 is 4.90 Å². The van der Waals surface area contributed by atoms with Gasteiger partial charge in [0.25, 0.3) is 0 Å². The van der Waals surface area contributed by atoms with Gasteiger partial charge in [0, 0.05) is 12.6 Å². The molecule has 106 valence electrons. The zero-order chi connectivity index (χ0) is 14.5. The summed E-state index contributed by atoms with van der Waals surface area (Å²) in [6.45, 7) is 1.89. The molecule has 0 amide bonds. The number of carbonyl (C=O) groups is 1. The third kappa shape index (κ3) is 6.13. The van der Waals surface area contributed by atoms with Gasteiger partial charge in [-0.25, -0.2) is 0 Å². The minimum absolute atomic E-state index is 0.00252. The van der Waals surface area contributed by atoms with Crippen LogP contribution in [0.25, 0.3) is 0 Å². The first-order valence-corrected chi connectivity index (χ1v) is 5.79. The number of esters is 1. The van der Waals surface area contributed by atoms with Crippen molar-refractivity contribution in [2.75, 3.05) is 24.6 Å². The van der Waals surface area contributed by atoms with E-state index in [2.05, 4.69) is 0 Å². The average molecular weight is 275 g/mol. The van der Waals surface area contributed by atoms with E-state index in [0.717, 1.165) is 10.5 Å². The van der Waals surface area contributed by atoms with E-state index in [1.54, 1.807) is 31.2 Å². The molecule has 0 aliphatic rings. The van der Waals surface area contributed by atoms with Crippen LogP contribution in [0.2, 0.25) is 0 Å². The summed E-state index contributed by atoms with van der Waals surface area (Å²) in [6, 6.07) is 6.77. The highest BCUT2D eigenvalue weighted by Crippen LogP contribution is 2.22. The third-order valence-electron chi connectivity index (χ3n) is 2.40. The summed E-state index contributed by atoms with van der Waals surface area (Å²) < 4.78 is 42.3. The molecule has 0 aliphatic heterocycles. The van der Waals surface area contributed by atoms with Gasteiger partial charge < -0.3 is 9.64 Å². The van der Waals surface area contributed by atoms with Crippen molar-refractivity contribution in [2.24, 2.45) is 0 Å². The van der Waals surface area contributed by atoms with Gasteiger partial charge in [-0.05, 0) is 24.6 Å². The molecule has 1 rings (SSSR count). The van der Waals surface area contributed by atoms with Gasteiger partial charge in [0.2, 0.25) is 0 Å². The van der Waals surface area contributed by atoms with E-state index in [1.165, 1.54) is 6.92 Å². The van der Waals surface area contributed by atoms with Crippen molar-refractivity contribution in [3.05, 3.63) is 29.8 Å². The fraction of sp³-hybridized carbons (Fsp3) is 0.462. The van der Waals surface area contributed by atoms with Crippen LogP contribution in [-0.2, 0) is 9.53 Å². The van der Waals surface area contributed by atoms with Crippen molar-refractivity contribution in [3.63, 3.8) is 0 Å². The SMILES string of the molecule is CC(=O)OCCN(CC(F)(F)F)c1cccc(C)c1. The first-order valence-electron chi connectivity index (χ1n) is 5.79. The van der Waals surface area contributed by atoms with Crippen molar-refractivity contribution in [1.82, 2.24) is 0 Å². The topological polar surface area (TPSA) is 29.5 Å². The second-order valence-electron chi connectivity index (χ2n) is 4.22. The van der Waals surface area contributed by atoms with Crippen molar-refractivity contribution in [1.29, 1.82) is 0 Å². The van der Waals surface area contributed by atoms with E-state index >= 15 is 0 Å². The van der Waals surface area contributed by atoms with Crippen LogP contribution in [0.15, 0.2) is 24.3 Å². The summed E-state index contributed by atoms with van der Waals surface area (Å²) in [7, 11) is 0. The van der Waals surface area contributed by atoms with Crippen molar-refractivity contribution in [3.8, 4) is 0 Å². The number of ether oxygens (including phenoxy) is 1. The lowest BCUT2D eigenvalue weighted by Gasteiger charge is -2.26. The maximum absolute atomic E-state index is 12.5. The van der Waals surface area contributed by atoms with Crippen LogP contribution in [0.1, 0.15) is 12.5 Å². The van der Waals surface area contributed by atoms with Gasteiger partial charge in [-0.3, -0.25) is 4.79 Å². The van der Waals surface area contributed by atoms with Crippen molar-refractivity contribution >= 4 is 11.7 Å². The monoisotopic (exact) mass is 275 g/mol. The number of hydrogen-bond acceptors (Lipinski definition) is 3. The fourth-order valence-corrected chi connectivity index (χ4v) is 1.64. The van der Waals surface area contributed by atoms with Crippen molar-refractivity contribution < 1.29 is 22.7 Å². The lowest BCUT2D eigenvalue weighted by Crippen LogP contribution is -2.36. The van der Waals surface area contributed by atoms with E-state index in [9.17, 15) is 18.0 Å². The Kier molecular flexibility index (Phi) is 5.20. The van der Waals surface area contributed by atoms with Crippen molar-refractivity contribution in [2.45, 2.75) is 20.0 Å². The highest BCUT2D eigenvalue weighted by molar-refractivity contribution is 5.65. The summed E-state index contributed by atoms with van der Waals surface area (Å²) in [5.74, 6) is -0.504. The number of nitrogens with zero attached hydrogens (tertiary/aromatic N) is 1. The average Bonchev–Trinajstić information content (AvgIpc) is 2.25. The summed E-state index contributed by atoms with van der Waals surface area (Å²) >= 11 is 0. The molecule has 19 heavy (non-hydrogen) atoms. The van der Waals surface area contributed by atoms with Gasteiger partial charge in [0.15, 0.2) is 0 Å². The standard InChI is InChI=1S/C13H16F3NO2/c1-10-4-3-5-12(8-10)17(9-13(14,15)16)6-7-19-11(2)18/h3-5,8H,6-7,9H2,1-2H3. The number of aryl methyl sites for hydroxylation is 1. The molecular weight excluding hydrogens is 259 g/mol. The highest BCUT2D eigenvalue weighted by Gasteiger charge is 2.30. The lowest BCUT2D eigenvalue weighted by molar-refractivity contribution is -0.140. The zero-order valence-corrected chi connectivity index (χ0v) is 10.8. The minimum Gasteiger partial charge on any atom is -0.464 e. The van der Waals surface area contributed by atoms with E-state index in [1.807, 2.05) is 0 Å². The van der Waals surface area contributed by atoms with Gasteiger partial charge in [-0.1, -0.05) is 12.1 Å². The van der Waals surface area contributed by atoms with Gasteiger partial charge in [0.1, 0.15) is 13.2 Å². The lowest BCUT2D eigenvalue weighted by atomic mass is 10.2. The molecule has 1 aromatic carbocycles. The Labute approximate surface area is 110 Å². The number of rotatable bonds is 5. The number of hydrogen-bond donors (Lipinski definition) is 0. The summed E-state index contributed by atoms with van der Waals surface area (Å²) in [5.41, 5.74) is 1.33. The Morgan fingerprint density at radius 2 is 2.05 bits per heavy atom. The van der Waals surface area contributed by atoms with E-state index in [0.29, 0.717) is 5.69 Å². The van der Waals surface area contributed by atoms with Gasteiger partial charge in [-0.2, -0.15) is 13.2 Å². The number of alkyl halides is 3. The molecule has 0 fully saturated rings. The Morgan fingerprint density at radius 3 is 2.58 bits per heavy atom. The molecule has 6 heteroatoms. The maximum atomic E-state index is 12.5. The molecule has 0 unspecified atom stereocenters. The Hall–Kier alpha value is -1.72. The number of halogens is 3. The first kappa shape index (κ1) is 15.3. The summed E-state index contributed by atoms with van der Waals surface area (Å²) in [4.78, 5) is 11.8. The van der Waals surface area contributed by atoms with E-state index < -0.39 is 18.7 Å². The normalized spacial score (nSPS) is 11.2. The van der Waals surface area contributed by atoms with Gasteiger partial charge in [-0.15, -0.1) is 0 Å². The minimum atomic E-state index is -4.31. The first-order chi connectivity index (χ1) is 8.78. The van der Waals surface area contributed by atoms with E-state index in [4.69, 9.17) is 4.74 Å². The molecule has 0 aromatic heterocycles. The smallest absolute Gasteiger partial charge is 0.405 e. The third-order valence-corrected chi connectivity index (χ3v) is 2.40. The van der Waals surface area contributed by atoms with Crippen LogP contribution in [0.4, 0.5) is 18.9 Å². The second kappa shape index (κ2) is 6.45. The fourth-order valence-electron chi connectivity index (χ4n) is 1.64. The molecule has 0 N–H and O–H groups in total. The van der Waals surface area contributed by atoms with Crippen LogP contribution in [0.3, 0.4) is 0 Å². The zero-order valence-electron chi connectivity index (χ0n) is 10.8. The molecule has 0 saturated heterocycles. The van der Waals surface area contributed by atoms with Crippen LogP contribution >= 0.6 is 0 Å². The molecule has 0 spiro atoms. The molecule has 3 nitrogen and oxygen atoms in total. The molecule has 0 atom stereocenters. The number of carbonyl (C=O) groups excluding carboxylic acids is 1. The largest absolute Gasteiger partial charge is 0.464 e. The quantitative estimate of drug-likeness (QED) is 0.774. The predicted octanol–water partition coefficient (Wildman–Crippen LogP) is 2.93. The highest BCUT2D eigenvalue weighted by atomic mass is 19.4. The van der Waals surface area contributed by atoms with Crippen LogP contribution in [0, 0.1) is 6.92 Å². The molecule has 1 aromatic rings. The molecule has 0 bridgehead atoms. The molecule has 0 aliphatic carbocycles. The van der Waals surface area contributed by atoms with E-state index in [-0.39, 0.29) is 13.2 Å². The predicted molar refractivity (Wildman–Crippen MR) is 66.1 cm³/mol. The molecule has 0 saturated carbocycles. The maximum Gasteiger partial charge on any atom is 0.405 e. The second-order valence-corrected chi connectivity index (χ2v) is 4.22. The number of anilines is 1. The van der Waals surface area contributed by atoms with Crippen LogP contribution in [-0.4, -0.2) is 31.8 Å².